The summed E-state index contributed by atoms with van der Waals surface area (Å²) >= 11 is 0. The van der Waals surface area contributed by atoms with E-state index in [2.05, 4.69) is 5.32 Å². The Morgan fingerprint density at radius 3 is 2.57 bits per heavy atom. The van der Waals surface area contributed by atoms with Gasteiger partial charge in [-0.2, -0.15) is 0 Å². The fourth-order valence-electron chi connectivity index (χ4n) is 4.85. The van der Waals surface area contributed by atoms with Crippen LogP contribution in [0.5, 0.6) is 5.75 Å². The molecule has 0 aromatic heterocycles. The minimum absolute atomic E-state index is 0.0561. The van der Waals surface area contributed by atoms with Crippen molar-refractivity contribution >= 4 is 22.8 Å². The van der Waals surface area contributed by atoms with Crippen molar-refractivity contribution in [3.05, 3.63) is 77.1 Å². The fraction of sp³-hybridized carbons (Fsp3) is 0.400. The molecule has 194 valence electrons. The van der Waals surface area contributed by atoms with E-state index in [4.69, 9.17) is 9.47 Å². The maximum Gasteiger partial charge on any atom is 0.410 e. The number of amides is 2. The third-order valence-electron chi connectivity index (χ3n) is 7.13. The van der Waals surface area contributed by atoms with Gasteiger partial charge in [-0.15, -0.1) is 0 Å². The molecule has 2 amide bonds. The molecule has 2 aliphatic rings. The molecule has 7 heteroatoms. The molecule has 1 saturated heterocycles. The van der Waals surface area contributed by atoms with Gasteiger partial charge in [-0.25, -0.2) is 9.18 Å². The van der Waals surface area contributed by atoms with Gasteiger partial charge in [-0.05, 0) is 93.1 Å². The maximum absolute atomic E-state index is 13.8. The van der Waals surface area contributed by atoms with Crippen LogP contribution in [-0.4, -0.2) is 41.7 Å². The lowest BCUT2D eigenvalue weighted by Gasteiger charge is -2.41. The molecule has 1 atom stereocenters. The largest absolute Gasteiger partial charge is 0.491 e. The molecule has 3 aromatic carbocycles. The van der Waals surface area contributed by atoms with Gasteiger partial charge in [0.2, 0.25) is 0 Å². The van der Waals surface area contributed by atoms with Crippen molar-refractivity contribution in [3.63, 3.8) is 0 Å². The van der Waals surface area contributed by atoms with Gasteiger partial charge in [-0.1, -0.05) is 30.3 Å². The van der Waals surface area contributed by atoms with Gasteiger partial charge in [0.1, 0.15) is 23.8 Å². The summed E-state index contributed by atoms with van der Waals surface area (Å²) in [5.74, 6) is 0.137. The molecule has 37 heavy (non-hydrogen) atoms. The highest BCUT2D eigenvalue weighted by Crippen LogP contribution is 2.48. The molecular formula is C30H33FN2O4. The quantitative estimate of drug-likeness (QED) is 0.441. The standard InChI is InChI=1S/C30H33FN2O4/c1-19-8-10-23(36-18-22-12-15-33(22)28(35)37-29(2,3)4)17-25(19)27(34)32-30(13-14-30)26-7-5-6-20-16-21(31)9-11-24(20)26/h5-11,16-17,22H,12-15,18H2,1-4H3,(H,32,34)/t22-/m0/s1. The summed E-state index contributed by atoms with van der Waals surface area (Å²) in [6.07, 6.45) is 2.16. The third kappa shape index (κ3) is 5.26. The van der Waals surface area contributed by atoms with Crippen molar-refractivity contribution in [1.82, 2.24) is 10.2 Å². The second kappa shape index (κ2) is 9.36. The predicted octanol–water partition coefficient (Wildman–Crippen LogP) is 6.09. The average Bonchev–Trinajstić information content (AvgIpc) is 3.57. The first kappa shape index (κ1) is 25.1. The second-order valence-corrected chi connectivity index (χ2v) is 11.1. The number of hydrogen-bond acceptors (Lipinski definition) is 4. The van der Waals surface area contributed by atoms with Gasteiger partial charge in [0.15, 0.2) is 0 Å². The number of likely N-dealkylation sites (tertiary alicyclic amines) is 1. The summed E-state index contributed by atoms with van der Waals surface area (Å²) in [5, 5.41) is 5.02. The van der Waals surface area contributed by atoms with E-state index in [1.165, 1.54) is 12.1 Å². The minimum atomic E-state index is -0.543. The molecule has 1 N–H and O–H groups in total. The highest BCUT2D eigenvalue weighted by molar-refractivity contribution is 5.97. The molecule has 0 unspecified atom stereocenters. The Labute approximate surface area is 216 Å². The lowest BCUT2D eigenvalue weighted by molar-refractivity contribution is -0.0141. The predicted molar refractivity (Wildman–Crippen MR) is 140 cm³/mol. The molecule has 6 nitrogen and oxygen atoms in total. The van der Waals surface area contributed by atoms with Crippen LogP contribution in [0.15, 0.2) is 54.6 Å². The first-order valence-electron chi connectivity index (χ1n) is 12.8. The number of carbonyl (C=O) groups excluding carboxylic acids is 2. The number of fused-ring (bicyclic) bond motifs is 1. The van der Waals surface area contributed by atoms with Crippen LogP contribution in [0, 0.1) is 12.7 Å². The van der Waals surface area contributed by atoms with Gasteiger partial charge in [0.25, 0.3) is 5.91 Å². The number of nitrogens with one attached hydrogen (secondary N) is 1. The van der Waals surface area contributed by atoms with Crippen LogP contribution in [0.4, 0.5) is 9.18 Å². The zero-order valence-corrected chi connectivity index (χ0v) is 21.8. The summed E-state index contributed by atoms with van der Waals surface area (Å²) < 4.78 is 25.2. The van der Waals surface area contributed by atoms with Gasteiger partial charge in [-0.3, -0.25) is 4.79 Å². The smallest absolute Gasteiger partial charge is 0.410 e. The molecule has 1 aliphatic carbocycles. The molecule has 3 aromatic rings. The zero-order valence-electron chi connectivity index (χ0n) is 21.8. The highest BCUT2D eigenvalue weighted by atomic mass is 19.1. The van der Waals surface area contributed by atoms with E-state index in [0.29, 0.717) is 24.5 Å². The van der Waals surface area contributed by atoms with Crippen molar-refractivity contribution < 1.29 is 23.5 Å². The van der Waals surface area contributed by atoms with Crippen LogP contribution in [0.3, 0.4) is 0 Å². The number of benzene rings is 3. The van der Waals surface area contributed by atoms with Gasteiger partial charge in [0, 0.05) is 12.1 Å². The molecule has 0 bridgehead atoms. The van der Waals surface area contributed by atoms with E-state index < -0.39 is 11.1 Å². The number of nitrogens with zero attached hydrogens (tertiary/aromatic N) is 1. The molecule has 0 radical (unpaired) electrons. The van der Waals surface area contributed by atoms with Crippen LogP contribution in [0.1, 0.15) is 61.5 Å². The van der Waals surface area contributed by atoms with Gasteiger partial charge >= 0.3 is 6.09 Å². The summed E-state index contributed by atoms with van der Waals surface area (Å²) in [6.45, 7) is 8.42. The molecule has 1 saturated carbocycles. The van der Waals surface area contributed by atoms with E-state index in [1.54, 1.807) is 17.0 Å². The van der Waals surface area contributed by atoms with Crippen molar-refractivity contribution in [2.24, 2.45) is 0 Å². The van der Waals surface area contributed by atoms with E-state index in [9.17, 15) is 14.0 Å². The third-order valence-corrected chi connectivity index (χ3v) is 7.13. The van der Waals surface area contributed by atoms with Crippen molar-refractivity contribution in [1.29, 1.82) is 0 Å². The number of aryl methyl sites for hydroxylation is 1. The summed E-state index contributed by atoms with van der Waals surface area (Å²) in [5.41, 5.74) is 1.40. The molecular weight excluding hydrogens is 471 g/mol. The highest BCUT2D eigenvalue weighted by Gasteiger charge is 2.46. The molecule has 0 spiro atoms. The summed E-state index contributed by atoms with van der Waals surface area (Å²) in [6, 6.07) is 16.0. The first-order valence-corrected chi connectivity index (χ1v) is 12.8. The van der Waals surface area contributed by atoms with Crippen LogP contribution in [0.25, 0.3) is 10.8 Å². The first-order chi connectivity index (χ1) is 17.5. The van der Waals surface area contributed by atoms with E-state index >= 15 is 0 Å². The lowest BCUT2D eigenvalue weighted by Crippen LogP contribution is -2.55. The van der Waals surface area contributed by atoms with Crippen LogP contribution in [0.2, 0.25) is 0 Å². The molecule has 2 fully saturated rings. The SMILES string of the molecule is Cc1ccc(OC[C@@H]2CCN2C(=O)OC(C)(C)C)cc1C(=O)NC1(c2cccc3cc(F)ccc23)CC1. The van der Waals surface area contributed by atoms with Crippen LogP contribution < -0.4 is 10.1 Å². The fourth-order valence-corrected chi connectivity index (χ4v) is 4.85. The van der Waals surface area contributed by atoms with E-state index in [-0.39, 0.29) is 23.9 Å². The molecule has 1 heterocycles. The normalized spacial score (nSPS) is 18.2. The van der Waals surface area contributed by atoms with Gasteiger partial charge in [0.05, 0.1) is 11.6 Å². The molecule has 1 aliphatic heterocycles. The Hall–Kier alpha value is -3.61. The topological polar surface area (TPSA) is 67.9 Å². The number of ether oxygens (including phenoxy) is 2. The summed E-state index contributed by atoms with van der Waals surface area (Å²) in [7, 11) is 0. The Kier molecular flexibility index (Phi) is 6.34. The van der Waals surface area contributed by atoms with Crippen molar-refractivity contribution in [2.75, 3.05) is 13.2 Å². The maximum atomic E-state index is 13.8. The Balaban J connectivity index is 1.27. The minimum Gasteiger partial charge on any atom is -0.491 e. The Morgan fingerprint density at radius 2 is 1.89 bits per heavy atom. The zero-order chi connectivity index (χ0) is 26.4. The van der Waals surface area contributed by atoms with Gasteiger partial charge < -0.3 is 19.7 Å². The number of carbonyl (C=O) groups is 2. The Morgan fingerprint density at radius 1 is 1.11 bits per heavy atom. The Bertz CT molecular complexity index is 1360. The van der Waals surface area contributed by atoms with E-state index in [1.807, 2.05) is 58.0 Å². The second-order valence-electron chi connectivity index (χ2n) is 11.1. The number of hydrogen-bond donors (Lipinski definition) is 1. The molecule has 5 rings (SSSR count). The average molecular weight is 505 g/mol. The number of rotatable bonds is 6. The lowest BCUT2D eigenvalue weighted by atomic mass is 9.96. The van der Waals surface area contributed by atoms with Crippen LogP contribution >= 0.6 is 0 Å². The van der Waals surface area contributed by atoms with Crippen molar-refractivity contribution in [3.8, 4) is 5.75 Å². The van der Waals surface area contributed by atoms with Crippen molar-refractivity contribution in [2.45, 2.75) is 64.1 Å². The van der Waals surface area contributed by atoms with E-state index in [0.717, 1.165) is 41.2 Å². The summed E-state index contributed by atoms with van der Waals surface area (Å²) in [4.78, 5) is 27.5. The number of halogens is 1. The monoisotopic (exact) mass is 504 g/mol. The van der Waals surface area contributed by atoms with Crippen LogP contribution in [-0.2, 0) is 10.3 Å².